The normalized spacial score (nSPS) is 14.8. The molecule has 0 bridgehead atoms. The Hall–Kier alpha value is -3.07. The van der Waals surface area contributed by atoms with Crippen molar-refractivity contribution in [2.45, 2.75) is 25.8 Å². The summed E-state index contributed by atoms with van der Waals surface area (Å²) in [7, 11) is 1.57. The van der Waals surface area contributed by atoms with Gasteiger partial charge in [0.2, 0.25) is 5.95 Å². The molecule has 1 fully saturated rings. The highest BCUT2D eigenvalue weighted by atomic mass is 19.1. The Morgan fingerprint density at radius 2 is 2.04 bits per heavy atom. The summed E-state index contributed by atoms with van der Waals surface area (Å²) in [6, 6.07) is 3.65. The van der Waals surface area contributed by atoms with Crippen LogP contribution in [0.15, 0.2) is 30.7 Å². The molecule has 146 valence electrons. The Labute approximate surface area is 161 Å². The molecule has 0 saturated carbocycles. The molecule has 0 atom stereocenters. The van der Waals surface area contributed by atoms with E-state index in [0.717, 1.165) is 24.9 Å². The Bertz CT molecular complexity index is 971. The minimum atomic E-state index is -0.502. The summed E-state index contributed by atoms with van der Waals surface area (Å²) in [6.45, 7) is 3.28. The van der Waals surface area contributed by atoms with Gasteiger partial charge in [-0.2, -0.15) is 0 Å². The van der Waals surface area contributed by atoms with Gasteiger partial charge in [0.05, 0.1) is 25.2 Å². The van der Waals surface area contributed by atoms with E-state index in [1.807, 2.05) is 11.5 Å². The SMILES string of the molecule is COc1ccnc(Nc2ncc(F)c(-c3cnc(C)n3C3CCOCC3)n2)c1. The van der Waals surface area contributed by atoms with E-state index in [-0.39, 0.29) is 17.7 Å². The molecule has 4 rings (SSSR count). The van der Waals surface area contributed by atoms with Gasteiger partial charge in [0.1, 0.15) is 23.1 Å². The lowest BCUT2D eigenvalue weighted by Gasteiger charge is -2.26. The van der Waals surface area contributed by atoms with E-state index in [1.165, 1.54) is 0 Å². The van der Waals surface area contributed by atoms with Crippen molar-refractivity contribution in [2.75, 3.05) is 25.6 Å². The monoisotopic (exact) mass is 384 g/mol. The Kier molecular flexibility index (Phi) is 5.16. The van der Waals surface area contributed by atoms with Crippen LogP contribution in [0, 0.1) is 12.7 Å². The van der Waals surface area contributed by atoms with Gasteiger partial charge in [-0.25, -0.2) is 24.3 Å². The second kappa shape index (κ2) is 7.89. The van der Waals surface area contributed by atoms with E-state index >= 15 is 0 Å². The van der Waals surface area contributed by atoms with Gasteiger partial charge >= 0.3 is 0 Å². The van der Waals surface area contributed by atoms with Gasteiger partial charge < -0.3 is 19.4 Å². The zero-order valence-electron chi connectivity index (χ0n) is 15.7. The summed E-state index contributed by atoms with van der Waals surface area (Å²) in [4.78, 5) is 17.0. The smallest absolute Gasteiger partial charge is 0.229 e. The summed E-state index contributed by atoms with van der Waals surface area (Å²) in [5.41, 5.74) is 0.832. The third-order valence-corrected chi connectivity index (χ3v) is 4.73. The van der Waals surface area contributed by atoms with Crippen LogP contribution >= 0.6 is 0 Å². The van der Waals surface area contributed by atoms with Gasteiger partial charge in [-0.05, 0) is 25.8 Å². The fourth-order valence-electron chi connectivity index (χ4n) is 3.36. The molecule has 3 aromatic rings. The first-order valence-electron chi connectivity index (χ1n) is 9.07. The van der Waals surface area contributed by atoms with E-state index < -0.39 is 5.82 Å². The second-order valence-electron chi connectivity index (χ2n) is 6.50. The highest BCUT2D eigenvalue weighted by Crippen LogP contribution is 2.31. The van der Waals surface area contributed by atoms with Crippen molar-refractivity contribution in [2.24, 2.45) is 0 Å². The van der Waals surface area contributed by atoms with E-state index in [1.54, 1.807) is 31.6 Å². The van der Waals surface area contributed by atoms with Crippen LogP contribution in [0.25, 0.3) is 11.4 Å². The largest absolute Gasteiger partial charge is 0.497 e. The molecule has 0 unspecified atom stereocenters. The Morgan fingerprint density at radius 3 is 2.82 bits per heavy atom. The van der Waals surface area contributed by atoms with Crippen LogP contribution in [-0.4, -0.2) is 44.8 Å². The number of nitrogens with one attached hydrogen (secondary N) is 1. The fraction of sp³-hybridized carbons (Fsp3) is 0.368. The number of hydrogen-bond donors (Lipinski definition) is 1. The van der Waals surface area contributed by atoms with Gasteiger partial charge in [-0.15, -0.1) is 0 Å². The molecule has 1 N–H and O–H groups in total. The molecule has 0 aliphatic carbocycles. The van der Waals surface area contributed by atoms with E-state index in [0.29, 0.717) is 30.5 Å². The first-order chi connectivity index (χ1) is 13.7. The molecule has 0 radical (unpaired) electrons. The molecule has 0 aromatic carbocycles. The van der Waals surface area contributed by atoms with Crippen molar-refractivity contribution >= 4 is 11.8 Å². The van der Waals surface area contributed by atoms with Gasteiger partial charge in [0, 0.05) is 31.5 Å². The van der Waals surface area contributed by atoms with Crippen molar-refractivity contribution in [3.8, 4) is 17.1 Å². The van der Waals surface area contributed by atoms with Crippen molar-refractivity contribution in [3.05, 3.63) is 42.4 Å². The maximum atomic E-state index is 14.6. The molecule has 3 aromatic heterocycles. The molecule has 1 saturated heterocycles. The molecule has 0 spiro atoms. The number of aromatic nitrogens is 5. The molecule has 4 heterocycles. The number of imidazole rings is 1. The lowest BCUT2D eigenvalue weighted by atomic mass is 10.1. The van der Waals surface area contributed by atoms with Crippen LogP contribution in [0.1, 0.15) is 24.7 Å². The topological polar surface area (TPSA) is 87.0 Å². The van der Waals surface area contributed by atoms with E-state index in [9.17, 15) is 4.39 Å². The molecular formula is C19H21FN6O2. The van der Waals surface area contributed by atoms with Gasteiger partial charge in [-0.3, -0.25) is 0 Å². The third kappa shape index (κ3) is 3.65. The van der Waals surface area contributed by atoms with Crippen molar-refractivity contribution in [3.63, 3.8) is 0 Å². The van der Waals surface area contributed by atoms with Crippen molar-refractivity contribution in [1.29, 1.82) is 0 Å². The summed E-state index contributed by atoms with van der Waals surface area (Å²) in [5.74, 6) is 1.72. The molecule has 1 aliphatic rings. The predicted octanol–water partition coefficient (Wildman–Crippen LogP) is 3.29. The number of hydrogen-bond acceptors (Lipinski definition) is 7. The fourth-order valence-corrected chi connectivity index (χ4v) is 3.36. The zero-order chi connectivity index (χ0) is 19.5. The number of anilines is 2. The van der Waals surface area contributed by atoms with E-state index in [2.05, 4.69) is 25.3 Å². The summed E-state index contributed by atoms with van der Waals surface area (Å²) in [5, 5.41) is 2.99. The molecule has 28 heavy (non-hydrogen) atoms. The molecule has 0 amide bonds. The lowest BCUT2D eigenvalue weighted by molar-refractivity contribution is 0.0694. The standard InChI is InChI=1S/C19H21FN6O2/c1-12-22-11-16(26(12)13-4-7-28-8-5-13)18-15(20)10-23-19(25-18)24-17-9-14(27-2)3-6-21-17/h3,6,9-11,13H,4-5,7-8H2,1-2H3,(H,21,23,24,25). The average molecular weight is 384 g/mol. The van der Waals surface area contributed by atoms with Crippen LogP contribution in [0.4, 0.5) is 16.2 Å². The number of aryl methyl sites for hydroxylation is 1. The number of halogens is 1. The molecule has 8 nitrogen and oxygen atoms in total. The minimum absolute atomic E-state index is 0.201. The van der Waals surface area contributed by atoms with E-state index in [4.69, 9.17) is 9.47 Å². The van der Waals surface area contributed by atoms with Crippen LogP contribution in [0.2, 0.25) is 0 Å². The van der Waals surface area contributed by atoms with Crippen LogP contribution in [0.5, 0.6) is 5.75 Å². The Morgan fingerprint density at radius 1 is 1.21 bits per heavy atom. The minimum Gasteiger partial charge on any atom is -0.497 e. The second-order valence-corrected chi connectivity index (χ2v) is 6.50. The number of rotatable bonds is 5. The summed E-state index contributed by atoms with van der Waals surface area (Å²) >= 11 is 0. The highest BCUT2D eigenvalue weighted by Gasteiger charge is 2.23. The van der Waals surface area contributed by atoms with Crippen LogP contribution < -0.4 is 10.1 Å². The number of ether oxygens (including phenoxy) is 2. The summed E-state index contributed by atoms with van der Waals surface area (Å²) < 4.78 is 27.3. The van der Waals surface area contributed by atoms with Crippen molar-refractivity contribution < 1.29 is 13.9 Å². The average Bonchev–Trinajstić information content (AvgIpc) is 3.11. The molecule has 9 heteroatoms. The van der Waals surface area contributed by atoms with Gasteiger partial charge in [-0.1, -0.05) is 0 Å². The summed E-state index contributed by atoms with van der Waals surface area (Å²) in [6.07, 6.45) is 6.13. The maximum absolute atomic E-state index is 14.6. The van der Waals surface area contributed by atoms with Gasteiger partial charge in [0.15, 0.2) is 5.82 Å². The predicted molar refractivity (Wildman–Crippen MR) is 101 cm³/mol. The lowest BCUT2D eigenvalue weighted by Crippen LogP contribution is -2.21. The van der Waals surface area contributed by atoms with Crippen LogP contribution in [-0.2, 0) is 4.74 Å². The third-order valence-electron chi connectivity index (χ3n) is 4.73. The van der Waals surface area contributed by atoms with Gasteiger partial charge in [0.25, 0.3) is 0 Å². The zero-order valence-corrected chi connectivity index (χ0v) is 15.7. The Balaban J connectivity index is 1.68. The first-order valence-corrected chi connectivity index (χ1v) is 9.07. The quantitative estimate of drug-likeness (QED) is 0.722. The number of methoxy groups -OCH3 is 1. The number of pyridine rings is 1. The number of nitrogens with zero attached hydrogens (tertiary/aromatic N) is 5. The van der Waals surface area contributed by atoms with Crippen molar-refractivity contribution in [1.82, 2.24) is 24.5 Å². The highest BCUT2D eigenvalue weighted by molar-refractivity contribution is 5.59. The molecule has 1 aliphatic heterocycles. The maximum Gasteiger partial charge on any atom is 0.229 e. The first kappa shape index (κ1) is 18.3. The van der Waals surface area contributed by atoms with Crippen LogP contribution in [0.3, 0.4) is 0 Å². The molecular weight excluding hydrogens is 363 g/mol.